The van der Waals surface area contributed by atoms with Crippen LogP contribution in [0, 0.1) is 6.92 Å². The van der Waals surface area contributed by atoms with Gasteiger partial charge in [0, 0.05) is 49.9 Å². The van der Waals surface area contributed by atoms with Crippen LogP contribution in [0.25, 0.3) is 10.9 Å². The monoisotopic (exact) mass is 339 g/mol. The SMILES string of the molecule is CCn1nc(CN[C@H]2CCO[C@@H]2c2cn(C)nc2C)c2ccccc21. The van der Waals surface area contributed by atoms with E-state index >= 15 is 0 Å². The molecule has 1 aliphatic rings. The predicted octanol–water partition coefficient (Wildman–Crippen LogP) is 2.72. The van der Waals surface area contributed by atoms with Gasteiger partial charge in [-0.15, -0.1) is 0 Å². The third-order valence-electron chi connectivity index (χ3n) is 5.02. The smallest absolute Gasteiger partial charge is 0.101 e. The average molecular weight is 339 g/mol. The van der Waals surface area contributed by atoms with Crippen molar-refractivity contribution in [3.8, 4) is 0 Å². The molecule has 3 heterocycles. The lowest BCUT2D eigenvalue weighted by Gasteiger charge is -2.19. The van der Waals surface area contributed by atoms with Gasteiger partial charge in [-0.1, -0.05) is 18.2 Å². The molecule has 0 unspecified atom stereocenters. The first-order chi connectivity index (χ1) is 12.2. The van der Waals surface area contributed by atoms with E-state index in [0.717, 1.165) is 37.5 Å². The van der Waals surface area contributed by atoms with Gasteiger partial charge in [-0.2, -0.15) is 10.2 Å². The highest BCUT2D eigenvalue weighted by Gasteiger charge is 2.31. The highest BCUT2D eigenvalue weighted by Crippen LogP contribution is 2.31. The number of aromatic nitrogens is 4. The Hall–Kier alpha value is -2.18. The Bertz CT molecular complexity index is 881. The molecule has 1 aromatic carbocycles. The van der Waals surface area contributed by atoms with E-state index in [1.165, 1.54) is 16.5 Å². The van der Waals surface area contributed by atoms with Crippen LogP contribution in [-0.4, -0.2) is 32.2 Å². The molecule has 1 N–H and O–H groups in total. The molecule has 0 bridgehead atoms. The normalized spacial score (nSPS) is 20.6. The van der Waals surface area contributed by atoms with Crippen molar-refractivity contribution in [2.75, 3.05) is 6.61 Å². The summed E-state index contributed by atoms with van der Waals surface area (Å²) in [5.41, 5.74) is 4.53. The zero-order chi connectivity index (χ0) is 17.4. The van der Waals surface area contributed by atoms with E-state index in [1.54, 1.807) is 0 Å². The fraction of sp³-hybridized carbons (Fsp3) is 0.474. The first kappa shape index (κ1) is 16.3. The van der Waals surface area contributed by atoms with Gasteiger partial charge in [-0.05, 0) is 26.3 Å². The minimum atomic E-state index is 0.0632. The molecular weight excluding hydrogens is 314 g/mol. The number of ether oxygens (including phenoxy) is 1. The maximum atomic E-state index is 6.01. The van der Waals surface area contributed by atoms with Crippen molar-refractivity contribution in [2.24, 2.45) is 7.05 Å². The van der Waals surface area contributed by atoms with Gasteiger partial charge < -0.3 is 10.1 Å². The molecule has 1 saturated heterocycles. The molecule has 1 fully saturated rings. The van der Waals surface area contributed by atoms with Crippen LogP contribution in [0.1, 0.15) is 36.4 Å². The summed E-state index contributed by atoms with van der Waals surface area (Å²) in [6.07, 6.45) is 3.14. The Kier molecular flexibility index (Phi) is 4.31. The molecule has 3 aromatic rings. The summed E-state index contributed by atoms with van der Waals surface area (Å²) in [5, 5.41) is 14.1. The molecule has 4 rings (SSSR count). The zero-order valence-corrected chi connectivity index (χ0v) is 15.1. The van der Waals surface area contributed by atoms with E-state index in [-0.39, 0.29) is 12.1 Å². The van der Waals surface area contributed by atoms with Crippen LogP contribution in [0.5, 0.6) is 0 Å². The number of rotatable bonds is 5. The van der Waals surface area contributed by atoms with Gasteiger partial charge in [-0.25, -0.2) is 0 Å². The van der Waals surface area contributed by atoms with E-state index in [1.807, 2.05) is 18.7 Å². The van der Waals surface area contributed by atoms with E-state index in [2.05, 4.69) is 52.5 Å². The van der Waals surface area contributed by atoms with Crippen LogP contribution >= 0.6 is 0 Å². The lowest BCUT2D eigenvalue weighted by Crippen LogP contribution is -2.31. The van der Waals surface area contributed by atoms with Gasteiger partial charge in [0.2, 0.25) is 0 Å². The first-order valence-corrected chi connectivity index (χ1v) is 8.97. The van der Waals surface area contributed by atoms with Crippen LogP contribution in [0.3, 0.4) is 0 Å². The molecule has 132 valence electrons. The molecule has 0 aliphatic carbocycles. The predicted molar refractivity (Wildman–Crippen MR) is 97.3 cm³/mol. The molecule has 2 atom stereocenters. The van der Waals surface area contributed by atoms with Crippen LogP contribution in [0.15, 0.2) is 30.5 Å². The molecule has 6 nitrogen and oxygen atoms in total. The summed E-state index contributed by atoms with van der Waals surface area (Å²) in [5.74, 6) is 0. The minimum Gasteiger partial charge on any atom is -0.372 e. The minimum absolute atomic E-state index is 0.0632. The first-order valence-electron chi connectivity index (χ1n) is 8.97. The quantitative estimate of drug-likeness (QED) is 0.776. The second kappa shape index (κ2) is 6.61. The Labute approximate surface area is 147 Å². The number of fused-ring (bicyclic) bond motifs is 1. The van der Waals surface area contributed by atoms with Crippen molar-refractivity contribution in [1.82, 2.24) is 24.9 Å². The van der Waals surface area contributed by atoms with Crippen molar-refractivity contribution < 1.29 is 4.74 Å². The van der Waals surface area contributed by atoms with E-state index < -0.39 is 0 Å². The van der Waals surface area contributed by atoms with Crippen LogP contribution in [0.2, 0.25) is 0 Å². The molecule has 0 amide bonds. The largest absolute Gasteiger partial charge is 0.372 e. The van der Waals surface area contributed by atoms with E-state index in [0.29, 0.717) is 0 Å². The Morgan fingerprint density at radius 3 is 2.88 bits per heavy atom. The number of hydrogen-bond acceptors (Lipinski definition) is 4. The summed E-state index contributed by atoms with van der Waals surface area (Å²) in [6.45, 7) is 6.58. The van der Waals surface area contributed by atoms with Crippen LogP contribution in [-0.2, 0) is 24.9 Å². The Balaban J connectivity index is 1.54. The molecule has 25 heavy (non-hydrogen) atoms. The highest BCUT2D eigenvalue weighted by atomic mass is 16.5. The summed E-state index contributed by atoms with van der Waals surface area (Å²) in [4.78, 5) is 0. The van der Waals surface area contributed by atoms with Crippen molar-refractivity contribution in [3.05, 3.63) is 47.4 Å². The van der Waals surface area contributed by atoms with Crippen molar-refractivity contribution in [3.63, 3.8) is 0 Å². The zero-order valence-electron chi connectivity index (χ0n) is 15.1. The van der Waals surface area contributed by atoms with Gasteiger partial charge in [0.25, 0.3) is 0 Å². The summed E-state index contributed by atoms with van der Waals surface area (Å²) in [6, 6.07) is 8.72. The standard InChI is InChI=1S/C19H25N5O/c1-4-24-18-8-6-5-7-14(18)17(22-24)11-20-16-9-10-25-19(16)15-12-23(3)21-13(15)2/h5-8,12,16,19-20H,4,9-11H2,1-3H3/t16-,19+/m0/s1. The number of nitrogens with zero attached hydrogens (tertiary/aromatic N) is 4. The molecular formula is C19H25N5O. The average Bonchev–Trinajstić information content (AvgIpc) is 3.29. The number of nitrogens with one attached hydrogen (secondary N) is 1. The fourth-order valence-corrected chi connectivity index (χ4v) is 3.80. The lowest BCUT2D eigenvalue weighted by molar-refractivity contribution is 0.0979. The molecule has 2 aromatic heterocycles. The number of hydrogen-bond donors (Lipinski definition) is 1. The summed E-state index contributed by atoms with van der Waals surface area (Å²) >= 11 is 0. The fourth-order valence-electron chi connectivity index (χ4n) is 3.80. The molecule has 6 heteroatoms. The number of benzene rings is 1. The Morgan fingerprint density at radius 2 is 2.12 bits per heavy atom. The number of aryl methyl sites for hydroxylation is 3. The van der Waals surface area contributed by atoms with Gasteiger partial charge in [0.15, 0.2) is 0 Å². The van der Waals surface area contributed by atoms with Crippen LogP contribution < -0.4 is 5.32 Å². The van der Waals surface area contributed by atoms with Crippen LogP contribution in [0.4, 0.5) is 0 Å². The van der Waals surface area contributed by atoms with Crippen molar-refractivity contribution >= 4 is 10.9 Å². The second-order valence-corrected chi connectivity index (χ2v) is 6.69. The molecule has 1 aliphatic heterocycles. The third-order valence-corrected chi connectivity index (χ3v) is 5.02. The maximum absolute atomic E-state index is 6.01. The Morgan fingerprint density at radius 1 is 1.28 bits per heavy atom. The van der Waals surface area contributed by atoms with E-state index in [9.17, 15) is 0 Å². The summed E-state index contributed by atoms with van der Waals surface area (Å²) in [7, 11) is 1.96. The maximum Gasteiger partial charge on any atom is 0.101 e. The highest BCUT2D eigenvalue weighted by molar-refractivity contribution is 5.81. The topological polar surface area (TPSA) is 56.9 Å². The molecule has 0 spiro atoms. The van der Waals surface area contributed by atoms with Gasteiger partial charge >= 0.3 is 0 Å². The summed E-state index contributed by atoms with van der Waals surface area (Å²) < 4.78 is 9.94. The second-order valence-electron chi connectivity index (χ2n) is 6.69. The van der Waals surface area contributed by atoms with E-state index in [4.69, 9.17) is 9.84 Å². The van der Waals surface area contributed by atoms with Gasteiger partial charge in [0.05, 0.1) is 16.9 Å². The van der Waals surface area contributed by atoms with Gasteiger partial charge in [0.1, 0.15) is 6.10 Å². The van der Waals surface area contributed by atoms with Crippen molar-refractivity contribution in [1.29, 1.82) is 0 Å². The lowest BCUT2D eigenvalue weighted by atomic mass is 10.0. The third kappa shape index (κ3) is 2.96. The van der Waals surface area contributed by atoms with Crippen molar-refractivity contribution in [2.45, 2.75) is 45.5 Å². The number of para-hydroxylation sites is 1. The molecule has 0 radical (unpaired) electrons. The molecule has 0 saturated carbocycles. The van der Waals surface area contributed by atoms with Gasteiger partial charge in [-0.3, -0.25) is 9.36 Å².